The lowest BCUT2D eigenvalue weighted by molar-refractivity contribution is -0.154. The first-order chi connectivity index (χ1) is 15.3. The number of hydrogen-bond donors (Lipinski definition) is 0. The van der Waals surface area contributed by atoms with E-state index in [0.29, 0.717) is 11.4 Å². The van der Waals surface area contributed by atoms with Crippen molar-refractivity contribution >= 4 is 39.5 Å². The van der Waals surface area contributed by atoms with Crippen molar-refractivity contribution in [2.75, 3.05) is 18.1 Å². The van der Waals surface area contributed by atoms with Crippen molar-refractivity contribution in [1.29, 1.82) is 0 Å². The van der Waals surface area contributed by atoms with Crippen LogP contribution in [0.2, 0.25) is 0 Å². The highest BCUT2D eigenvalue weighted by Gasteiger charge is 2.72. The molecule has 3 amide bonds. The van der Waals surface area contributed by atoms with E-state index in [1.165, 1.54) is 4.90 Å². The van der Waals surface area contributed by atoms with E-state index < -0.39 is 41.3 Å². The van der Waals surface area contributed by atoms with E-state index in [0.717, 1.165) is 15.6 Å². The van der Waals surface area contributed by atoms with Gasteiger partial charge in [-0.3, -0.25) is 9.59 Å². The molecule has 5 rings (SSSR count). The Bertz CT molecular complexity index is 1130. The molecule has 4 atom stereocenters. The van der Waals surface area contributed by atoms with E-state index in [2.05, 4.69) is 15.9 Å². The number of anilines is 1. The van der Waals surface area contributed by atoms with Gasteiger partial charge in [-0.15, -0.1) is 0 Å². The number of carbonyl (C=O) groups excluding carboxylic acids is 3. The summed E-state index contributed by atoms with van der Waals surface area (Å²) in [7, 11) is 0. The minimum Gasteiger partial charge on any atom is -0.493 e. The zero-order valence-corrected chi connectivity index (χ0v) is 19.6. The maximum atomic E-state index is 13.9. The number of benzene rings is 2. The molecule has 3 heterocycles. The summed E-state index contributed by atoms with van der Waals surface area (Å²) in [5, 5.41) is 0. The molecule has 166 valence electrons. The van der Waals surface area contributed by atoms with Crippen molar-refractivity contribution in [2.24, 2.45) is 11.8 Å². The van der Waals surface area contributed by atoms with Crippen LogP contribution in [0.1, 0.15) is 31.0 Å². The SMILES string of the molecule is CCOC(=O)C1C2COc3ccc(Br)cc3C2N2C(=O)N(c3ccc(C)cc3)C(=O)[C@]12C. The molecule has 0 aromatic heterocycles. The fraction of sp³-hybridized carbons (Fsp3) is 0.375. The van der Waals surface area contributed by atoms with Crippen LogP contribution in [-0.4, -0.2) is 41.6 Å². The van der Waals surface area contributed by atoms with Gasteiger partial charge in [0.2, 0.25) is 0 Å². The van der Waals surface area contributed by atoms with Crippen LogP contribution < -0.4 is 9.64 Å². The van der Waals surface area contributed by atoms with E-state index in [9.17, 15) is 14.4 Å². The van der Waals surface area contributed by atoms with Gasteiger partial charge in [0.1, 0.15) is 11.3 Å². The molecule has 3 aliphatic heterocycles. The number of ether oxygens (including phenoxy) is 2. The van der Waals surface area contributed by atoms with E-state index in [1.54, 1.807) is 30.9 Å². The molecular weight excluding hydrogens is 476 g/mol. The molecule has 2 fully saturated rings. The van der Waals surface area contributed by atoms with Crippen molar-refractivity contribution < 1.29 is 23.9 Å². The molecule has 0 N–H and O–H groups in total. The third kappa shape index (κ3) is 2.75. The Morgan fingerprint density at radius 3 is 2.62 bits per heavy atom. The number of hydrogen-bond acceptors (Lipinski definition) is 5. The fourth-order valence-electron chi connectivity index (χ4n) is 5.39. The summed E-state index contributed by atoms with van der Waals surface area (Å²) in [6.07, 6.45) is 0. The van der Waals surface area contributed by atoms with Gasteiger partial charge in [-0.25, -0.2) is 9.69 Å². The van der Waals surface area contributed by atoms with Crippen molar-refractivity contribution in [3.63, 3.8) is 0 Å². The van der Waals surface area contributed by atoms with Gasteiger partial charge >= 0.3 is 12.0 Å². The van der Waals surface area contributed by atoms with Crippen molar-refractivity contribution in [3.8, 4) is 5.75 Å². The second-order valence-electron chi connectivity index (χ2n) is 8.61. The van der Waals surface area contributed by atoms with Gasteiger partial charge in [0, 0.05) is 16.0 Å². The van der Waals surface area contributed by atoms with Gasteiger partial charge in [-0.2, -0.15) is 0 Å². The molecular formula is C24H23BrN2O5. The molecule has 0 saturated carbocycles. The smallest absolute Gasteiger partial charge is 0.332 e. The van der Waals surface area contributed by atoms with Crippen LogP contribution in [0.5, 0.6) is 5.75 Å². The molecule has 0 bridgehead atoms. The molecule has 3 aliphatic rings. The summed E-state index contributed by atoms with van der Waals surface area (Å²) >= 11 is 3.50. The zero-order valence-electron chi connectivity index (χ0n) is 18.0. The maximum Gasteiger partial charge on any atom is 0.332 e. The standard InChI is InChI=1S/C24H23BrN2O5/c1-4-31-21(28)19-17-12-32-18-10-7-14(25)11-16(18)20(17)27-23(30)26(22(29)24(19,27)3)15-8-5-13(2)6-9-15/h5-11,17,19-20H,4,12H2,1-3H3/t17?,19?,20?,24-/m0/s1. The van der Waals surface area contributed by atoms with Crippen LogP contribution in [0.3, 0.4) is 0 Å². The Morgan fingerprint density at radius 1 is 1.22 bits per heavy atom. The van der Waals surface area contributed by atoms with Gasteiger partial charge in [-0.05, 0) is 51.1 Å². The van der Waals surface area contributed by atoms with Gasteiger partial charge in [0.25, 0.3) is 5.91 Å². The molecule has 0 aliphatic carbocycles. The van der Waals surface area contributed by atoms with E-state index in [-0.39, 0.29) is 13.2 Å². The Kier molecular flexibility index (Phi) is 4.81. The highest BCUT2D eigenvalue weighted by molar-refractivity contribution is 9.10. The van der Waals surface area contributed by atoms with Crippen LogP contribution in [0, 0.1) is 18.8 Å². The van der Waals surface area contributed by atoms with Crippen LogP contribution in [-0.2, 0) is 14.3 Å². The van der Waals surface area contributed by atoms with E-state index >= 15 is 0 Å². The number of carbonyl (C=O) groups is 3. The summed E-state index contributed by atoms with van der Waals surface area (Å²) in [6.45, 7) is 5.76. The van der Waals surface area contributed by atoms with Gasteiger partial charge in [0.05, 0.1) is 30.9 Å². The third-order valence-corrected chi connectivity index (χ3v) is 7.30. The van der Waals surface area contributed by atoms with E-state index in [4.69, 9.17) is 9.47 Å². The van der Waals surface area contributed by atoms with Gasteiger partial charge in [0.15, 0.2) is 0 Å². The lowest BCUT2D eigenvalue weighted by atomic mass is 9.77. The molecule has 3 unspecified atom stereocenters. The van der Waals surface area contributed by atoms with Crippen LogP contribution in [0.4, 0.5) is 10.5 Å². The summed E-state index contributed by atoms with van der Waals surface area (Å²) in [4.78, 5) is 43.6. The molecule has 8 heteroatoms. The predicted molar refractivity (Wildman–Crippen MR) is 120 cm³/mol. The molecule has 0 radical (unpaired) electrons. The summed E-state index contributed by atoms with van der Waals surface area (Å²) in [6, 6.07) is 11.9. The van der Waals surface area contributed by atoms with Crippen molar-refractivity contribution in [3.05, 3.63) is 58.1 Å². The Balaban J connectivity index is 1.69. The molecule has 32 heavy (non-hydrogen) atoms. The number of amides is 3. The highest BCUT2D eigenvalue weighted by atomic mass is 79.9. The largest absolute Gasteiger partial charge is 0.493 e. The Hall–Kier alpha value is -2.87. The first kappa shape index (κ1) is 21.0. The quantitative estimate of drug-likeness (QED) is 0.467. The lowest BCUT2D eigenvalue weighted by Gasteiger charge is -2.34. The predicted octanol–water partition coefficient (Wildman–Crippen LogP) is 4.23. The maximum absolute atomic E-state index is 13.9. The average Bonchev–Trinajstić information content (AvgIpc) is 3.14. The van der Waals surface area contributed by atoms with Crippen LogP contribution in [0.15, 0.2) is 46.9 Å². The first-order valence-electron chi connectivity index (χ1n) is 10.6. The number of esters is 1. The van der Waals surface area contributed by atoms with E-state index in [1.807, 2.05) is 37.3 Å². The fourth-order valence-corrected chi connectivity index (χ4v) is 5.77. The lowest BCUT2D eigenvalue weighted by Crippen LogP contribution is -2.51. The molecule has 2 aromatic carbocycles. The van der Waals surface area contributed by atoms with Gasteiger partial charge in [-0.1, -0.05) is 33.6 Å². The highest BCUT2D eigenvalue weighted by Crippen LogP contribution is 2.58. The normalized spacial score (nSPS) is 28.2. The molecule has 0 spiro atoms. The number of fused-ring (bicyclic) bond motifs is 5. The minimum atomic E-state index is -1.38. The van der Waals surface area contributed by atoms with Crippen LogP contribution >= 0.6 is 15.9 Å². The number of nitrogens with zero attached hydrogens (tertiary/aromatic N) is 2. The zero-order chi connectivity index (χ0) is 22.8. The molecule has 2 saturated heterocycles. The van der Waals surface area contributed by atoms with Crippen molar-refractivity contribution in [1.82, 2.24) is 4.90 Å². The Labute approximate surface area is 194 Å². The second-order valence-corrected chi connectivity index (χ2v) is 9.52. The number of rotatable bonds is 3. The van der Waals surface area contributed by atoms with Crippen LogP contribution in [0.25, 0.3) is 0 Å². The Morgan fingerprint density at radius 2 is 1.94 bits per heavy atom. The number of halogens is 1. The number of imide groups is 1. The minimum absolute atomic E-state index is 0.190. The third-order valence-electron chi connectivity index (χ3n) is 6.81. The van der Waals surface area contributed by atoms with Gasteiger partial charge < -0.3 is 14.4 Å². The molecule has 7 nitrogen and oxygen atoms in total. The number of aryl methyl sites for hydroxylation is 1. The monoisotopic (exact) mass is 498 g/mol. The second kappa shape index (κ2) is 7.33. The summed E-state index contributed by atoms with van der Waals surface area (Å²) < 4.78 is 12.2. The van der Waals surface area contributed by atoms with Crippen molar-refractivity contribution in [2.45, 2.75) is 32.4 Å². The number of urea groups is 1. The first-order valence-corrected chi connectivity index (χ1v) is 11.4. The average molecular weight is 499 g/mol. The summed E-state index contributed by atoms with van der Waals surface area (Å²) in [5.74, 6) is -1.49. The molecule has 2 aromatic rings. The summed E-state index contributed by atoms with van der Waals surface area (Å²) in [5.41, 5.74) is 0.909. The topological polar surface area (TPSA) is 76.2 Å².